The lowest BCUT2D eigenvalue weighted by Crippen LogP contribution is -2.39. The zero-order chi connectivity index (χ0) is 19.5. The summed E-state index contributed by atoms with van der Waals surface area (Å²) in [6.45, 7) is 1.54. The van der Waals surface area contributed by atoms with Gasteiger partial charge in [0.15, 0.2) is 0 Å². The van der Waals surface area contributed by atoms with Crippen LogP contribution in [0.1, 0.15) is 34.8 Å². The van der Waals surface area contributed by atoms with Crippen LogP contribution in [0.5, 0.6) is 0 Å². The van der Waals surface area contributed by atoms with Gasteiger partial charge >= 0.3 is 0 Å². The van der Waals surface area contributed by atoms with Gasteiger partial charge in [-0.25, -0.2) is 0 Å². The number of likely N-dealkylation sites (tertiary alicyclic amines) is 1. The molecule has 0 radical (unpaired) electrons. The summed E-state index contributed by atoms with van der Waals surface area (Å²) < 4.78 is 0. The van der Waals surface area contributed by atoms with Crippen molar-refractivity contribution >= 4 is 22.9 Å². The first-order valence-electron chi connectivity index (χ1n) is 9.69. The first kappa shape index (κ1) is 18.7. The number of benzene rings is 1. The highest BCUT2D eigenvalue weighted by Gasteiger charge is 2.26. The molecule has 0 unspecified atom stereocenters. The van der Waals surface area contributed by atoms with Crippen molar-refractivity contribution in [3.8, 4) is 10.6 Å². The molecular weight excluding hydrogens is 366 g/mol. The molecule has 5 heteroatoms. The molecule has 28 heavy (non-hydrogen) atoms. The second kappa shape index (κ2) is 8.15. The number of thiophene rings is 1. The third-order valence-corrected chi connectivity index (χ3v) is 6.17. The number of amides is 1. The van der Waals surface area contributed by atoms with Crippen molar-refractivity contribution in [1.82, 2.24) is 9.88 Å². The number of carbonyl (C=O) groups excluding carboxylic acids is 1. The van der Waals surface area contributed by atoms with Gasteiger partial charge in [-0.3, -0.25) is 9.78 Å². The van der Waals surface area contributed by atoms with Gasteiger partial charge in [-0.1, -0.05) is 18.2 Å². The first-order valence-corrected chi connectivity index (χ1v) is 10.6. The Morgan fingerprint density at radius 1 is 1.14 bits per heavy atom. The maximum absolute atomic E-state index is 13.1. The van der Waals surface area contributed by atoms with Gasteiger partial charge in [0, 0.05) is 50.0 Å². The maximum Gasteiger partial charge on any atom is 0.253 e. The number of carbonyl (C=O) groups is 1. The molecule has 1 aliphatic rings. The van der Waals surface area contributed by atoms with E-state index in [2.05, 4.69) is 35.7 Å². The van der Waals surface area contributed by atoms with Crippen LogP contribution in [0, 0.1) is 0 Å². The molecule has 0 aliphatic carbocycles. The molecule has 1 amide bonds. The molecule has 3 aromatic rings. The van der Waals surface area contributed by atoms with E-state index in [-0.39, 0.29) is 11.8 Å². The topological polar surface area (TPSA) is 36.4 Å². The van der Waals surface area contributed by atoms with E-state index >= 15 is 0 Å². The number of hydrogen-bond donors (Lipinski definition) is 0. The number of aromatic nitrogens is 1. The third-order valence-electron chi connectivity index (χ3n) is 5.28. The predicted octanol–water partition coefficient (Wildman–Crippen LogP) is 4.90. The van der Waals surface area contributed by atoms with Gasteiger partial charge in [-0.2, -0.15) is 0 Å². The van der Waals surface area contributed by atoms with Crippen LogP contribution in [0.2, 0.25) is 0 Å². The van der Waals surface area contributed by atoms with Crippen LogP contribution in [-0.2, 0) is 0 Å². The second-order valence-electron chi connectivity index (χ2n) is 7.46. The largest absolute Gasteiger partial charge is 0.378 e. The molecular formula is C23H25N3OS. The van der Waals surface area contributed by atoms with Crippen LogP contribution < -0.4 is 4.90 Å². The number of anilines is 1. The van der Waals surface area contributed by atoms with Crippen molar-refractivity contribution in [2.45, 2.75) is 18.8 Å². The van der Waals surface area contributed by atoms with E-state index in [1.54, 1.807) is 11.3 Å². The van der Waals surface area contributed by atoms with Gasteiger partial charge in [-0.15, -0.1) is 11.3 Å². The minimum Gasteiger partial charge on any atom is -0.378 e. The Bertz CT molecular complexity index is 952. The molecule has 4 rings (SSSR count). The second-order valence-corrected chi connectivity index (χ2v) is 8.41. The molecule has 1 aliphatic heterocycles. The maximum atomic E-state index is 13.1. The van der Waals surface area contributed by atoms with E-state index in [9.17, 15) is 4.79 Å². The zero-order valence-electron chi connectivity index (χ0n) is 16.3. The average molecular weight is 392 g/mol. The van der Waals surface area contributed by atoms with E-state index in [0.29, 0.717) is 0 Å². The van der Waals surface area contributed by atoms with Gasteiger partial charge in [-0.05, 0) is 54.6 Å². The fourth-order valence-electron chi connectivity index (χ4n) is 3.74. The van der Waals surface area contributed by atoms with Crippen molar-refractivity contribution in [1.29, 1.82) is 0 Å². The van der Waals surface area contributed by atoms with Crippen molar-refractivity contribution in [2.75, 3.05) is 32.1 Å². The summed E-state index contributed by atoms with van der Waals surface area (Å²) in [5, 5.41) is 2.08. The highest BCUT2D eigenvalue weighted by Crippen LogP contribution is 2.30. The van der Waals surface area contributed by atoms with E-state index in [1.807, 2.05) is 48.2 Å². The van der Waals surface area contributed by atoms with Gasteiger partial charge in [0.1, 0.15) is 0 Å². The molecule has 2 aromatic heterocycles. The fourth-order valence-corrected chi connectivity index (χ4v) is 4.44. The minimum absolute atomic E-state index is 0.114. The van der Waals surface area contributed by atoms with Crippen molar-refractivity contribution in [2.24, 2.45) is 0 Å². The minimum atomic E-state index is 0.114. The van der Waals surface area contributed by atoms with Gasteiger partial charge in [0.05, 0.1) is 10.6 Å². The smallest absolute Gasteiger partial charge is 0.253 e. The molecule has 4 nitrogen and oxygen atoms in total. The summed E-state index contributed by atoms with van der Waals surface area (Å²) in [4.78, 5) is 23.2. The Kier molecular flexibility index (Phi) is 5.44. The molecule has 1 fully saturated rings. The summed E-state index contributed by atoms with van der Waals surface area (Å²) in [5.41, 5.74) is 3.91. The average Bonchev–Trinajstić information content (AvgIpc) is 3.28. The number of rotatable bonds is 4. The molecule has 1 saturated heterocycles. The number of piperidine rings is 1. The summed E-state index contributed by atoms with van der Waals surface area (Å²) >= 11 is 1.71. The van der Waals surface area contributed by atoms with E-state index in [0.717, 1.165) is 48.6 Å². The quantitative estimate of drug-likeness (QED) is 0.635. The van der Waals surface area contributed by atoms with Crippen molar-refractivity contribution in [3.63, 3.8) is 0 Å². The highest BCUT2D eigenvalue weighted by atomic mass is 32.1. The Labute approximate surface area is 170 Å². The number of nitrogens with zero attached hydrogens (tertiary/aromatic N) is 3. The molecule has 0 saturated carbocycles. The van der Waals surface area contributed by atoms with Crippen LogP contribution in [0.15, 0.2) is 60.0 Å². The fraction of sp³-hybridized carbons (Fsp3) is 0.304. The van der Waals surface area contributed by atoms with E-state index < -0.39 is 0 Å². The molecule has 1 atom stereocenters. The third kappa shape index (κ3) is 3.94. The Morgan fingerprint density at radius 2 is 2.00 bits per heavy atom. The van der Waals surface area contributed by atoms with Crippen LogP contribution in [-0.4, -0.2) is 43.0 Å². The molecule has 1 aromatic carbocycles. The van der Waals surface area contributed by atoms with E-state index in [1.165, 1.54) is 4.88 Å². The lowest BCUT2D eigenvalue weighted by molar-refractivity contribution is 0.0706. The lowest BCUT2D eigenvalue weighted by atomic mass is 9.93. The SMILES string of the molecule is CN(C)c1cccc(C(=O)N2CCC[C@@H](c3cccc(-c4cccs4)n3)C2)c1. The summed E-state index contributed by atoms with van der Waals surface area (Å²) in [6, 6.07) is 18.3. The Balaban J connectivity index is 1.53. The van der Waals surface area contributed by atoms with Gasteiger partial charge in [0.25, 0.3) is 5.91 Å². The number of hydrogen-bond acceptors (Lipinski definition) is 4. The highest BCUT2D eigenvalue weighted by molar-refractivity contribution is 7.13. The van der Waals surface area contributed by atoms with Crippen LogP contribution in [0.25, 0.3) is 10.6 Å². The normalized spacial score (nSPS) is 16.8. The summed E-state index contributed by atoms with van der Waals surface area (Å²) in [6.07, 6.45) is 2.08. The molecule has 144 valence electrons. The van der Waals surface area contributed by atoms with Crippen LogP contribution in [0.4, 0.5) is 5.69 Å². The summed E-state index contributed by atoms with van der Waals surface area (Å²) in [5.74, 6) is 0.400. The Morgan fingerprint density at radius 3 is 2.79 bits per heavy atom. The molecule has 0 spiro atoms. The standard InChI is InChI=1S/C23H25N3OS/c1-25(2)19-9-3-7-17(15-19)23(27)26-13-5-8-18(16-26)20-10-4-11-21(24-20)22-12-6-14-28-22/h3-4,6-7,9-12,14-15,18H,5,8,13,16H2,1-2H3/t18-/m1/s1. The van der Waals surface area contributed by atoms with E-state index in [4.69, 9.17) is 4.98 Å². The predicted molar refractivity (Wildman–Crippen MR) is 116 cm³/mol. The Hall–Kier alpha value is -2.66. The van der Waals surface area contributed by atoms with Crippen molar-refractivity contribution in [3.05, 3.63) is 71.2 Å². The van der Waals surface area contributed by atoms with Gasteiger partial charge in [0.2, 0.25) is 0 Å². The first-order chi connectivity index (χ1) is 13.6. The molecule has 0 bridgehead atoms. The lowest BCUT2D eigenvalue weighted by Gasteiger charge is -2.33. The zero-order valence-corrected chi connectivity index (χ0v) is 17.2. The molecule has 3 heterocycles. The van der Waals surface area contributed by atoms with Crippen molar-refractivity contribution < 1.29 is 4.79 Å². The molecule has 0 N–H and O–H groups in total. The number of pyridine rings is 1. The monoisotopic (exact) mass is 391 g/mol. The summed E-state index contributed by atoms with van der Waals surface area (Å²) in [7, 11) is 3.99. The van der Waals surface area contributed by atoms with Crippen LogP contribution in [0.3, 0.4) is 0 Å². The van der Waals surface area contributed by atoms with Crippen LogP contribution >= 0.6 is 11.3 Å². The van der Waals surface area contributed by atoms with Gasteiger partial charge < -0.3 is 9.80 Å².